The fraction of sp³-hybridized carbons (Fsp3) is 0.0588. The van der Waals surface area contributed by atoms with Crippen LogP contribution < -0.4 is 5.32 Å². The Hall–Kier alpha value is -2.53. The van der Waals surface area contributed by atoms with Crippen molar-refractivity contribution in [2.24, 2.45) is 0 Å². The molecule has 0 spiro atoms. The molecule has 0 fully saturated rings. The molecule has 22 heavy (non-hydrogen) atoms. The summed E-state index contributed by atoms with van der Waals surface area (Å²) in [7, 11) is 0. The molecule has 0 aliphatic rings. The normalized spacial score (nSPS) is 10.0. The van der Waals surface area contributed by atoms with Gasteiger partial charge in [0, 0.05) is 27.5 Å². The number of carbonyl (C=O) groups excluding carboxylic acids is 1. The number of carboxylic acids is 1. The highest BCUT2D eigenvalue weighted by atomic mass is 32.2. The summed E-state index contributed by atoms with van der Waals surface area (Å²) in [6, 6.07) is 16.2. The van der Waals surface area contributed by atoms with E-state index in [0.29, 0.717) is 17.0 Å². The van der Waals surface area contributed by atoms with Crippen LogP contribution in [0, 0.1) is 0 Å². The predicted molar refractivity (Wildman–Crippen MR) is 88.3 cm³/mol. The number of hydrogen-bond acceptors (Lipinski definition) is 3. The van der Waals surface area contributed by atoms with Crippen LogP contribution in [-0.4, -0.2) is 22.7 Å². The van der Waals surface area contributed by atoms with Crippen LogP contribution in [0.15, 0.2) is 71.6 Å². The molecular weight excluding hydrogens is 298 g/mol. The Morgan fingerprint density at radius 3 is 2.27 bits per heavy atom. The molecular formula is C17H15NO3S. The molecule has 2 rings (SSSR count). The van der Waals surface area contributed by atoms with E-state index in [4.69, 9.17) is 5.11 Å². The van der Waals surface area contributed by atoms with Gasteiger partial charge in [0.2, 0.25) is 0 Å². The maximum Gasteiger partial charge on any atom is 0.331 e. The fourth-order valence-corrected chi connectivity index (χ4v) is 2.45. The molecule has 2 aromatic rings. The highest BCUT2D eigenvalue weighted by Gasteiger charge is 2.06. The quantitative estimate of drug-likeness (QED) is 0.631. The van der Waals surface area contributed by atoms with Gasteiger partial charge in [-0.15, -0.1) is 11.8 Å². The first-order chi connectivity index (χ1) is 10.6. The lowest BCUT2D eigenvalue weighted by atomic mass is 10.2. The first-order valence-corrected chi connectivity index (χ1v) is 7.55. The van der Waals surface area contributed by atoms with E-state index in [2.05, 4.69) is 11.9 Å². The summed E-state index contributed by atoms with van der Waals surface area (Å²) in [6.45, 7) is 3.48. The van der Waals surface area contributed by atoms with E-state index in [1.54, 1.807) is 24.3 Å². The third kappa shape index (κ3) is 4.49. The number of aliphatic carboxylic acids is 1. The maximum absolute atomic E-state index is 12.0. The summed E-state index contributed by atoms with van der Waals surface area (Å²) < 4.78 is 0. The lowest BCUT2D eigenvalue weighted by molar-refractivity contribution is -0.132. The van der Waals surface area contributed by atoms with Crippen molar-refractivity contribution in [1.82, 2.24) is 0 Å². The lowest BCUT2D eigenvalue weighted by Gasteiger charge is -2.06. The standard InChI is InChI=1S/C17H15NO3S/c1-12(17(20)21)11-22-15-9-7-14(8-10-15)18-16(19)13-5-3-2-4-6-13/h2-10H,1,11H2,(H,18,19)(H,20,21). The van der Waals surface area contributed by atoms with E-state index in [1.807, 2.05) is 30.3 Å². The average molecular weight is 313 g/mol. The number of hydrogen-bond donors (Lipinski definition) is 2. The summed E-state index contributed by atoms with van der Waals surface area (Å²) in [5.41, 5.74) is 1.44. The molecule has 2 N–H and O–H groups in total. The van der Waals surface area contributed by atoms with Crippen LogP contribution in [-0.2, 0) is 4.79 Å². The van der Waals surface area contributed by atoms with Gasteiger partial charge in [0.05, 0.1) is 0 Å². The van der Waals surface area contributed by atoms with Gasteiger partial charge in [-0.25, -0.2) is 4.79 Å². The SMILES string of the molecule is C=C(CSc1ccc(NC(=O)c2ccccc2)cc1)C(=O)O. The molecule has 112 valence electrons. The van der Waals surface area contributed by atoms with Crippen molar-refractivity contribution < 1.29 is 14.7 Å². The molecule has 0 aliphatic heterocycles. The molecule has 2 aromatic carbocycles. The van der Waals surface area contributed by atoms with Crippen molar-refractivity contribution in [2.75, 3.05) is 11.1 Å². The summed E-state index contributed by atoms with van der Waals surface area (Å²) in [4.78, 5) is 23.6. The minimum Gasteiger partial charge on any atom is -0.478 e. The number of amides is 1. The third-order valence-electron chi connectivity index (χ3n) is 2.86. The van der Waals surface area contributed by atoms with Crippen LogP contribution in [0.5, 0.6) is 0 Å². The van der Waals surface area contributed by atoms with E-state index < -0.39 is 5.97 Å². The topological polar surface area (TPSA) is 66.4 Å². The van der Waals surface area contributed by atoms with Crippen LogP contribution in [0.1, 0.15) is 10.4 Å². The Morgan fingerprint density at radius 1 is 1.05 bits per heavy atom. The number of anilines is 1. The molecule has 0 bridgehead atoms. The Bertz CT molecular complexity index is 681. The van der Waals surface area contributed by atoms with Gasteiger partial charge < -0.3 is 10.4 Å². The molecule has 0 aromatic heterocycles. The largest absolute Gasteiger partial charge is 0.478 e. The van der Waals surface area contributed by atoms with Gasteiger partial charge in [-0.2, -0.15) is 0 Å². The number of benzene rings is 2. The molecule has 0 atom stereocenters. The second-order valence-electron chi connectivity index (χ2n) is 4.54. The smallest absolute Gasteiger partial charge is 0.331 e. The van der Waals surface area contributed by atoms with E-state index in [-0.39, 0.29) is 11.5 Å². The van der Waals surface area contributed by atoms with Gasteiger partial charge in [0.25, 0.3) is 5.91 Å². The summed E-state index contributed by atoms with van der Waals surface area (Å²) >= 11 is 1.39. The van der Waals surface area contributed by atoms with Crippen molar-refractivity contribution >= 4 is 29.3 Å². The fourth-order valence-electron chi connectivity index (χ4n) is 1.66. The van der Waals surface area contributed by atoms with Crippen molar-refractivity contribution in [1.29, 1.82) is 0 Å². The molecule has 0 radical (unpaired) electrons. The average Bonchev–Trinajstić information content (AvgIpc) is 2.54. The first-order valence-electron chi connectivity index (χ1n) is 6.56. The van der Waals surface area contributed by atoms with Crippen LogP contribution in [0.2, 0.25) is 0 Å². The van der Waals surface area contributed by atoms with Crippen LogP contribution in [0.3, 0.4) is 0 Å². The Labute approximate surface area is 132 Å². The molecule has 0 saturated heterocycles. The second kappa shape index (κ2) is 7.47. The van der Waals surface area contributed by atoms with Crippen LogP contribution in [0.4, 0.5) is 5.69 Å². The minimum absolute atomic E-state index is 0.159. The molecule has 5 heteroatoms. The Balaban J connectivity index is 1.93. The van der Waals surface area contributed by atoms with E-state index in [1.165, 1.54) is 11.8 Å². The van der Waals surface area contributed by atoms with E-state index >= 15 is 0 Å². The van der Waals surface area contributed by atoms with Crippen molar-refractivity contribution in [2.45, 2.75) is 4.90 Å². The van der Waals surface area contributed by atoms with E-state index in [0.717, 1.165) is 4.90 Å². The minimum atomic E-state index is -0.987. The number of thioether (sulfide) groups is 1. The molecule has 0 unspecified atom stereocenters. The van der Waals surface area contributed by atoms with Crippen molar-refractivity contribution in [3.63, 3.8) is 0 Å². The van der Waals surface area contributed by atoms with Gasteiger partial charge in [0.15, 0.2) is 0 Å². The zero-order valence-electron chi connectivity index (χ0n) is 11.8. The summed E-state index contributed by atoms with van der Waals surface area (Å²) in [5, 5.41) is 11.6. The van der Waals surface area contributed by atoms with E-state index in [9.17, 15) is 9.59 Å². The number of carboxylic acid groups (broad SMARTS) is 1. The van der Waals surface area contributed by atoms with Gasteiger partial charge in [0.1, 0.15) is 0 Å². The van der Waals surface area contributed by atoms with Crippen LogP contribution in [0.25, 0.3) is 0 Å². The molecule has 4 nitrogen and oxygen atoms in total. The van der Waals surface area contributed by atoms with Gasteiger partial charge in [-0.1, -0.05) is 24.8 Å². The molecule has 0 heterocycles. The summed E-state index contributed by atoms with van der Waals surface area (Å²) in [5.74, 6) is -0.829. The molecule has 1 amide bonds. The number of carbonyl (C=O) groups is 2. The molecule has 0 saturated carbocycles. The Kier molecular flexibility index (Phi) is 5.38. The lowest BCUT2D eigenvalue weighted by Crippen LogP contribution is -2.11. The molecule has 0 aliphatic carbocycles. The van der Waals surface area contributed by atoms with Crippen molar-refractivity contribution in [3.8, 4) is 0 Å². The maximum atomic E-state index is 12.0. The van der Waals surface area contributed by atoms with Gasteiger partial charge in [-0.3, -0.25) is 4.79 Å². The van der Waals surface area contributed by atoms with Crippen molar-refractivity contribution in [3.05, 3.63) is 72.3 Å². The predicted octanol–water partition coefficient (Wildman–Crippen LogP) is 3.67. The highest BCUT2D eigenvalue weighted by molar-refractivity contribution is 7.99. The summed E-state index contributed by atoms with van der Waals surface area (Å²) in [6.07, 6.45) is 0. The number of nitrogens with one attached hydrogen (secondary N) is 1. The zero-order valence-corrected chi connectivity index (χ0v) is 12.6. The van der Waals surface area contributed by atoms with Gasteiger partial charge >= 0.3 is 5.97 Å². The van der Waals surface area contributed by atoms with Crippen LogP contribution >= 0.6 is 11.8 Å². The Morgan fingerprint density at radius 2 is 1.68 bits per heavy atom. The zero-order chi connectivity index (χ0) is 15.9. The second-order valence-corrected chi connectivity index (χ2v) is 5.59. The number of rotatable bonds is 6. The van der Waals surface area contributed by atoms with Gasteiger partial charge in [-0.05, 0) is 36.4 Å². The third-order valence-corrected chi connectivity index (χ3v) is 3.96. The first kappa shape index (κ1) is 15.9. The highest BCUT2D eigenvalue weighted by Crippen LogP contribution is 2.22. The monoisotopic (exact) mass is 313 g/mol.